The Morgan fingerprint density at radius 1 is 1.03 bits per heavy atom. The predicted octanol–water partition coefficient (Wildman–Crippen LogP) is 4.47. The standard InChI is InChI=1S/C22H27F2NO4/c1-5-21(2,3)20(27)25-12-15-6-7-17-11-18(9-8-16(17)10-15)28-13-19(26)29-14-22(4,23)24/h6-11H,5,12-14H2,1-4H3,(H,25,27). The summed E-state index contributed by atoms with van der Waals surface area (Å²) in [6, 6.07) is 11.0. The van der Waals surface area contributed by atoms with Crippen molar-refractivity contribution in [2.24, 2.45) is 5.41 Å². The average molecular weight is 407 g/mol. The molecule has 0 aliphatic heterocycles. The molecular weight excluding hydrogens is 380 g/mol. The fourth-order valence-corrected chi connectivity index (χ4v) is 2.45. The zero-order valence-corrected chi connectivity index (χ0v) is 17.2. The number of hydrogen-bond acceptors (Lipinski definition) is 4. The van der Waals surface area contributed by atoms with E-state index in [2.05, 4.69) is 10.1 Å². The quantitative estimate of drug-likeness (QED) is 0.623. The van der Waals surface area contributed by atoms with Gasteiger partial charge in [-0.1, -0.05) is 39.0 Å². The Labute approximate surface area is 169 Å². The summed E-state index contributed by atoms with van der Waals surface area (Å²) < 4.78 is 35.2. The molecule has 0 radical (unpaired) electrons. The van der Waals surface area contributed by atoms with Crippen LogP contribution in [0.3, 0.4) is 0 Å². The van der Waals surface area contributed by atoms with E-state index in [4.69, 9.17) is 4.74 Å². The Morgan fingerprint density at radius 2 is 1.69 bits per heavy atom. The van der Waals surface area contributed by atoms with Crippen LogP contribution in [0.1, 0.15) is 39.7 Å². The number of ether oxygens (including phenoxy) is 2. The lowest BCUT2D eigenvalue weighted by Crippen LogP contribution is -2.35. The Morgan fingerprint density at radius 3 is 2.34 bits per heavy atom. The molecule has 1 N–H and O–H groups in total. The first-order valence-corrected chi connectivity index (χ1v) is 9.47. The average Bonchev–Trinajstić information content (AvgIpc) is 2.67. The number of esters is 1. The summed E-state index contributed by atoms with van der Waals surface area (Å²) in [7, 11) is 0. The molecule has 5 nitrogen and oxygen atoms in total. The van der Waals surface area contributed by atoms with E-state index in [1.807, 2.05) is 45.0 Å². The van der Waals surface area contributed by atoms with Gasteiger partial charge >= 0.3 is 5.97 Å². The molecule has 0 unspecified atom stereocenters. The van der Waals surface area contributed by atoms with Crippen LogP contribution in [-0.2, 0) is 20.9 Å². The minimum atomic E-state index is -3.07. The lowest BCUT2D eigenvalue weighted by Gasteiger charge is -2.21. The topological polar surface area (TPSA) is 64.6 Å². The minimum Gasteiger partial charge on any atom is -0.482 e. The van der Waals surface area contributed by atoms with Crippen molar-refractivity contribution < 1.29 is 27.8 Å². The van der Waals surface area contributed by atoms with Gasteiger partial charge < -0.3 is 14.8 Å². The Hall–Kier alpha value is -2.70. The van der Waals surface area contributed by atoms with Crippen molar-refractivity contribution in [3.63, 3.8) is 0 Å². The molecule has 2 rings (SSSR count). The number of benzene rings is 2. The second-order valence-corrected chi connectivity index (χ2v) is 7.78. The number of carbonyl (C=O) groups is 2. The molecule has 0 atom stereocenters. The monoisotopic (exact) mass is 407 g/mol. The van der Waals surface area contributed by atoms with Gasteiger partial charge in [0.15, 0.2) is 13.2 Å². The number of carbonyl (C=O) groups excluding carboxylic acids is 2. The summed E-state index contributed by atoms with van der Waals surface area (Å²) in [5.74, 6) is -3.48. The van der Waals surface area contributed by atoms with Crippen LogP contribution in [0.2, 0.25) is 0 Å². The summed E-state index contributed by atoms with van der Waals surface area (Å²) in [6.45, 7) is 5.50. The number of rotatable bonds is 9. The van der Waals surface area contributed by atoms with E-state index >= 15 is 0 Å². The Kier molecular flexibility index (Phi) is 7.16. The van der Waals surface area contributed by atoms with Crippen LogP contribution in [0.5, 0.6) is 5.75 Å². The third-order valence-corrected chi connectivity index (χ3v) is 4.67. The smallest absolute Gasteiger partial charge is 0.344 e. The molecular formula is C22H27F2NO4. The lowest BCUT2D eigenvalue weighted by molar-refractivity contribution is -0.155. The van der Waals surface area contributed by atoms with Gasteiger partial charge in [0, 0.05) is 18.9 Å². The highest BCUT2D eigenvalue weighted by Crippen LogP contribution is 2.23. The van der Waals surface area contributed by atoms with Gasteiger partial charge in [-0.15, -0.1) is 0 Å². The van der Waals surface area contributed by atoms with Gasteiger partial charge in [-0.25, -0.2) is 13.6 Å². The fraction of sp³-hybridized carbons (Fsp3) is 0.455. The maximum atomic E-state index is 12.7. The number of alkyl halides is 2. The van der Waals surface area contributed by atoms with Gasteiger partial charge in [0.2, 0.25) is 5.91 Å². The SMILES string of the molecule is CCC(C)(C)C(=O)NCc1ccc2cc(OCC(=O)OCC(C)(F)F)ccc2c1. The van der Waals surface area contributed by atoms with Gasteiger partial charge in [-0.2, -0.15) is 0 Å². The molecule has 2 aromatic carbocycles. The van der Waals surface area contributed by atoms with Gasteiger partial charge in [-0.05, 0) is 41.0 Å². The van der Waals surface area contributed by atoms with Crippen LogP contribution < -0.4 is 10.1 Å². The molecule has 0 aliphatic rings. The molecule has 0 spiro atoms. The molecule has 0 heterocycles. The molecule has 2 aromatic rings. The van der Waals surface area contributed by atoms with E-state index in [0.29, 0.717) is 19.2 Å². The number of hydrogen-bond donors (Lipinski definition) is 1. The highest BCUT2D eigenvalue weighted by Gasteiger charge is 2.25. The first-order chi connectivity index (χ1) is 13.5. The molecule has 0 aliphatic carbocycles. The van der Waals surface area contributed by atoms with Crippen molar-refractivity contribution in [2.75, 3.05) is 13.2 Å². The number of amides is 1. The zero-order valence-electron chi connectivity index (χ0n) is 17.2. The molecule has 1 amide bonds. The highest BCUT2D eigenvalue weighted by atomic mass is 19.3. The van der Waals surface area contributed by atoms with Crippen LogP contribution in [0.15, 0.2) is 36.4 Å². The van der Waals surface area contributed by atoms with Gasteiger partial charge in [0.25, 0.3) is 5.92 Å². The number of nitrogens with one attached hydrogen (secondary N) is 1. The fourth-order valence-electron chi connectivity index (χ4n) is 2.45. The van der Waals surface area contributed by atoms with Crippen molar-refractivity contribution in [1.82, 2.24) is 5.32 Å². The predicted molar refractivity (Wildman–Crippen MR) is 107 cm³/mol. The summed E-state index contributed by atoms with van der Waals surface area (Å²) >= 11 is 0. The van der Waals surface area contributed by atoms with Crippen LogP contribution in [0.4, 0.5) is 8.78 Å². The van der Waals surface area contributed by atoms with Crippen molar-refractivity contribution in [3.8, 4) is 5.75 Å². The minimum absolute atomic E-state index is 0.0107. The third-order valence-electron chi connectivity index (χ3n) is 4.67. The van der Waals surface area contributed by atoms with Crippen molar-refractivity contribution >= 4 is 22.6 Å². The first kappa shape index (κ1) is 22.6. The molecule has 0 saturated carbocycles. The maximum Gasteiger partial charge on any atom is 0.344 e. The van der Waals surface area contributed by atoms with E-state index in [-0.39, 0.29) is 5.91 Å². The van der Waals surface area contributed by atoms with Gasteiger partial charge in [-0.3, -0.25) is 4.79 Å². The normalized spacial score (nSPS) is 11.9. The second kappa shape index (κ2) is 9.20. The Bertz CT molecular complexity index is 875. The van der Waals surface area contributed by atoms with E-state index in [9.17, 15) is 18.4 Å². The first-order valence-electron chi connectivity index (χ1n) is 9.47. The third kappa shape index (κ3) is 7.00. The summed E-state index contributed by atoms with van der Waals surface area (Å²) in [5, 5.41) is 4.79. The molecule has 0 aromatic heterocycles. The number of fused-ring (bicyclic) bond motifs is 1. The molecule has 29 heavy (non-hydrogen) atoms. The van der Waals surface area contributed by atoms with Gasteiger partial charge in [0.05, 0.1) is 0 Å². The van der Waals surface area contributed by atoms with Crippen LogP contribution in [-0.4, -0.2) is 31.0 Å². The van der Waals surface area contributed by atoms with Crippen molar-refractivity contribution in [2.45, 2.75) is 46.6 Å². The molecule has 7 heteroatoms. The highest BCUT2D eigenvalue weighted by molar-refractivity contribution is 5.85. The number of halogens is 2. The molecule has 0 saturated heterocycles. The molecule has 0 bridgehead atoms. The van der Waals surface area contributed by atoms with Crippen LogP contribution in [0.25, 0.3) is 10.8 Å². The second-order valence-electron chi connectivity index (χ2n) is 7.78. The van der Waals surface area contributed by atoms with Crippen LogP contribution in [0, 0.1) is 5.41 Å². The maximum absolute atomic E-state index is 12.7. The zero-order chi connectivity index (χ0) is 21.7. The molecule has 0 fully saturated rings. The lowest BCUT2D eigenvalue weighted by atomic mass is 9.89. The summed E-state index contributed by atoms with van der Waals surface area (Å²) in [6.07, 6.45) is 0.758. The van der Waals surface area contributed by atoms with Crippen LogP contribution >= 0.6 is 0 Å². The largest absolute Gasteiger partial charge is 0.482 e. The van der Waals surface area contributed by atoms with Crippen molar-refractivity contribution in [1.29, 1.82) is 0 Å². The van der Waals surface area contributed by atoms with E-state index in [0.717, 1.165) is 22.8 Å². The van der Waals surface area contributed by atoms with E-state index < -0.39 is 30.5 Å². The Balaban J connectivity index is 1.95. The van der Waals surface area contributed by atoms with Gasteiger partial charge in [0.1, 0.15) is 5.75 Å². The molecule has 158 valence electrons. The summed E-state index contributed by atoms with van der Waals surface area (Å²) in [5.41, 5.74) is 0.563. The van der Waals surface area contributed by atoms with Crippen molar-refractivity contribution in [3.05, 3.63) is 42.0 Å². The van der Waals surface area contributed by atoms with E-state index in [1.54, 1.807) is 12.1 Å². The van der Waals surface area contributed by atoms with E-state index in [1.165, 1.54) is 0 Å². The summed E-state index contributed by atoms with van der Waals surface area (Å²) in [4.78, 5) is 23.7.